The summed E-state index contributed by atoms with van der Waals surface area (Å²) in [5.41, 5.74) is 5.51. The van der Waals surface area contributed by atoms with Crippen molar-refractivity contribution >= 4 is 5.91 Å². The second kappa shape index (κ2) is 3.05. The molecule has 3 heteroatoms. The Morgan fingerprint density at radius 3 is 2.82 bits per heavy atom. The molecule has 0 aromatic heterocycles. The zero-order valence-corrected chi connectivity index (χ0v) is 6.20. The molecule has 0 saturated carbocycles. The number of ether oxygens (including phenoxy) is 1. The lowest BCUT2D eigenvalue weighted by Gasteiger charge is -1.99. The summed E-state index contributed by atoms with van der Waals surface area (Å²) in [6.45, 7) is 0. The van der Waals surface area contributed by atoms with Crippen molar-refractivity contribution in [1.29, 1.82) is 0 Å². The molecule has 58 valence electrons. The molecule has 0 spiro atoms. The minimum Gasteiger partial charge on any atom is -0.497 e. The molecule has 1 amide bonds. The summed E-state index contributed by atoms with van der Waals surface area (Å²) in [6.07, 6.45) is 0. The number of carbonyl (C=O) groups is 1. The second-order valence-electron chi connectivity index (χ2n) is 2.10. The van der Waals surface area contributed by atoms with Gasteiger partial charge in [-0.15, -0.1) is 0 Å². The number of rotatable bonds is 2. The van der Waals surface area contributed by atoms with Crippen molar-refractivity contribution in [3.05, 3.63) is 29.8 Å². The third-order valence-corrected chi connectivity index (χ3v) is 1.35. The van der Waals surface area contributed by atoms with Crippen molar-refractivity contribution in [2.45, 2.75) is 0 Å². The lowest BCUT2D eigenvalue weighted by atomic mass is 10.2. The van der Waals surface area contributed by atoms with E-state index in [1.807, 2.05) is 0 Å². The van der Waals surface area contributed by atoms with Crippen LogP contribution in [0.15, 0.2) is 24.3 Å². The van der Waals surface area contributed by atoms with Gasteiger partial charge in [-0.2, -0.15) is 0 Å². The van der Waals surface area contributed by atoms with E-state index in [1.54, 1.807) is 31.4 Å². The predicted octanol–water partition coefficient (Wildman–Crippen LogP) is 0.794. The Morgan fingerprint density at radius 2 is 2.27 bits per heavy atom. The molecule has 1 aromatic carbocycles. The highest BCUT2D eigenvalue weighted by Crippen LogP contribution is 2.11. The number of methoxy groups -OCH3 is 1. The Balaban J connectivity index is 3.01. The van der Waals surface area contributed by atoms with Crippen LogP contribution in [0.2, 0.25) is 0 Å². The number of hydrogen-bond donors (Lipinski definition) is 1. The summed E-state index contributed by atoms with van der Waals surface area (Å²) in [5.74, 6) is 0.199. The summed E-state index contributed by atoms with van der Waals surface area (Å²) in [6, 6.07) is 6.72. The van der Waals surface area contributed by atoms with E-state index < -0.39 is 5.91 Å². The molecule has 2 N–H and O–H groups in total. The van der Waals surface area contributed by atoms with Gasteiger partial charge in [-0.05, 0) is 18.2 Å². The van der Waals surface area contributed by atoms with E-state index in [2.05, 4.69) is 0 Å². The highest BCUT2D eigenvalue weighted by Gasteiger charge is 1.99. The highest BCUT2D eigenvalue weighted by atomic mass is 16.4. The molecular formula is C8H9NO2. The van der Waals surface area contributed by atoms with Crippen molar-refractivity contribution in [2.24, 2.45) is 5.73 Å². The molecule has 11 heavy (non-hydrogen) atoms. The molecule has 0 radical (unpaired) electrons. The van der Waals surface area contributed by atoms with Crippen LogP contribution in [0.5, 0.6) is 5.75 Å². The highest BCUT2D eigenvalue weighted by molar-refractivity contribution is 5.93. The molecular weight excluding hydrogens is 141 g/mol. The van der Waals surface area contributed by atoms with Crippen LogP contribution in [-0.2, 0) is 0 Å². The normalized spacial score (nSPS) is 9.18. The Kier molecular flexibility index (Phi) is 2.11. The molecule has 0 saturated heterocycles. The quantitative estimate of drug-likeness (QED) is 0.677. The molecule has 0 bridgehead atoms. The Labute approximate surface area is 64.8 Å². The summed E-state index contributed by atoms with van der Waals surface area (Å²) < 4.78 is 4.90. The van der Waals surface area contributed by atoms with Gasteiger partial charge in [0.05, 0.1) is 7.11 Å². The van der Waals surface area contributed by atoms with Crippen molar-refractivity contribution in [1.82, 2.24) is 0 Å². The van der Waals surface area contributed by atoms with Crippen LogP contribution < -0.4 is 10.5 Å². The number of primary amides is 1. The van der Waals surface area contributed by atoms with Crippen LogP contribution >= 0.6 is 0 Å². The Bertz CT molecular complexity index is 271. The van der Waals surface area contributed by atoms with Gasteiger partial charge in [0.1, 0.15) is 5.75 Å². The van der Waals surface area contributed by atoms with Gasteiger partial charge in [-0.1, -0.05) is 6.07 Å². The number of amides is 1. The fourth-order valence-corrected chi connectivity index (χ4v) is 0.776. The monoisotopic (exact) mass is 150 g/mol. The van der Waals surface area contributed by atoms with E-state index in [0.29, 0.717) is 11.3 Å². The molecule has 0 aliphatic rings. The van der Waals surface area contributed by atoms with Gasteiger partial charge in [0.25, 0.3) is 0 Å². The molecule has 0 fully saturated rings. The van der Waals surface area contributed by atoms with E-state index in [9.17, 15) is 4.79 Å². The van der Waals surface area contributed by atoms with Crippen molar-refractivity contribution in [3.63, 3.8) is 0 Å². The predicted molar refractivity (Wildman–Crippen MR) is 41.5 cm³/mol. The van der Waals surface area contributed by atoms with Gasteiger partial charge in [0, 0.05) is 5.56 Å². The molecule has 3 nitrogen and oxygen atoms in total. The first-order chi connectivity index (χ1) is 5.24. The van der Waals surface area contributed by atoms with Gasteiger partial charge in [0.15, 0.2) is 0 Å². The topological polar surface area (TPSA) is 52.3 Å². The molecule has 0 unspecified atom stereocenters. The first-order valence-corrected chi connectivity index (χ1v) is 3.18. The van der Waals surface area contributed by atoms with E-state index in [-0.39, 0.29) is 0 Å². The summed E-state index contributed by atoms with van der Waals surface area (Å²) in [7, 11) is 1.54. The van der Waals surface area contributed by atoms with Gasteiger partial charge in [-0.25, -0.2) is 0 Å². The summed E-state index contributed by atoms with van der Waals surface area (Å²) >= 11 is 0. The number of benzene rings is 1. The van der Waals surface area contributed by atoms with Gasteiger partial charge in [0.2, 0.25) is 5.91 Å². The standard InChI is InChI=1S/C8H9NO2/c1-11-7-4-2-3-6(5-7)8(9)10/h2-5H,1H3,(H2,9,10)/i1-1. The summed E-state index contributed by atoms with van der Waals surface area (Å²) in [5, 5.41) is 0. The first kappa shape index (κ1) is 7.60. The molecule has 1 rings (SSSR count). The maximum Gasteiger partial charge on any atom is 0.248 e. The largest absolute Gasteiger partial charge is 0.497 e. The van der Waals surface area contributed by atoms with E-state index >= 15 is 0 Å². The number of hydrogen-bond acceptors (Lipinski definition) is 2. The van der Waals surface area contributed by atoms with Gasteiger partial charge >= 0.3 is 0 Å². The lowest BCUT2D eigenvalue weighted by Crippen LogP contribution is -2.10. The fourth-order valence-electron chi connectivity index (χ4n) is 0.776. The SMILES string of the molecule is [11CH3]Oc1cccc(C(N)=O)c1. The van der Waals surface area contributed by atoms with Crippen LogP contribution in [0.1, 0.15) is 10.4 Å². The van der Waals surface area contributed by atoms with Crippen molar-refractivity contribution < 1.29 is 9.53 Å². The van der Waals surface area contributed by atoms with E-state index in [0.717, 1.165) is 0 Å². The minimum atomic E-state index is -0.441. The smallest absolute Gasteiger partial charge is 0.248 e. The van der Waals surface area contributed by atoms with Crippen LogP contribution in [0.25, 0.3) is 0 Å². The van der Waals surface area contributed by atoms with E-state index in [4.69, 9.17) is 10.5 Å². The molecule has 1 aromatic rings. The summed E-state index contributed by atoms with van der Waals surface area (Å²) in [4.78, 5) is 10.6. The van der Waals surface area contributed by atoms with Crippen LogP contribution in [0.4, 0.5) is 0 Å². The number of carbonyl (C=O) groups excluding carboxylic acids is 1. The third-order valence-electron chi connectivity index (χ3n) is 1.35. The number of nitrogens with two attached hydrogens (primary N) is 1. The van der Waals surface area contributed by atoms with Crippen LogP contribution in [0.3, 0.4) is 0 Å². The zero-order chi connectivity index (χ0) is 8.27. The second-order valence-corrected chi connectivity index (χ2v) is 2.10. The lowest BCUT2D eigenvalue weighted by molar-refractivity contribution is 0.1000. The minimum absolute atomic E-state index is 0.441. The molecule has 0 aliphatic carbocycles. The Hall–Kier alpha value is -1.51. The molecule has 0 aliphatic heterocycles. The molecule has 0 heterocycles. The maximum atomic E-state index is 10.6. The average molecular weight is 150 g/mol. The van der Waals surface area contributed by atoms with Crippen LogP contribution in [-0.4, -0.2) is 13.0 Å². The van der Waals surface area contributed by atoms with Crippen LogP contribution in [0, 0.1) is 0 Å². The van der Waals surface area contributed by atoms with E-state index in [1.165, 1.54) is 0 Å². The average Bonchev–Trinajstić information content (AvgIpc) is 2.05. The van der Waals surface area contributed by atoms with Crippen molar-refractivity contribution in [3.8, 4) is 5.75 Å². The maximum absolute atomic E-state index is 10.6. The Morgan fingerprint density at radius 1 is 1.55 bits per heavy atom. The van der Waals surface area contributed by atoms with Gasteiger partial charge < -0.3 is 10.5 Å². The van der Waals surface area contributed by atoms with Crippen molar-refractivity contribution in [2.75, 3.05) is 7.11 Å². The van der Waals surface area contributed by atoms with Gasteiger partial charge in [-0.3, -0.25) is 4.79 Å². The third kappa shape index (κ3) is 1.70. The molecule has 0 atom stereocenters. The zero-order valence-electron chi connectivity index (χ0n) is 6.20. The fraction of sp³-hybridized carbons (Fsp3) is 0.125. The first-order valence-electron chi connectivity index (χ1n) is 3.18.